The van der Waals surface area contributed by atoms with Gasteiger partial charge in [-0.3, -0.25) is 14.4 Å². The maximum absolute atomic E-state index is 12.9. The summed E-state index contributed by atoms with van der Waals surface area (Å²) in [6.07, 6.45) is 82.6. The van der Waals surface area contributed by atoms with Crippen LogP contribution in [-0.2, 0) is 28.6 Å². The zero-order valence-corrected chi connectivity index (χ0v) is 45.4. The van der Waals surface area contributed by atoms with E-state index in [1.165, 1.54) is 25.7 Å². The highest BCUT2D eigenvalue weighted by Crippen LogP contribution is 2.12. The highest BCUT2D eigenvalue weighted by molar-refractivity contribution is 5.71. The Morgan fingerprint density at radius 3 is 0.873 bits per heavy atom. The molecule has 0 aliphatic carbocycles. The molecule has 0 spiro atoms. The van der Waals surface area contributed by atoms with Gasteiger partial charge in [-0.1, -0.05) is 212 Å². The van der Waals surface area contributed by atoms with Crippen LogP contribution in [0.2, 0.25) is 0 Å². The lowest BCUT2D eigenvalue weighted by Gasteiger charge is -2.18. The van der Waals surface area contributed by atoms with E-state index in [1.807, 2.05) is 0 Å². The van der Waals surface area contributed by atoms with Crippen molar-refractivity contribution in [2.45, 2.75) is 232 Å². The summed E-state index contributed by atoms with van der Waals surface area (Å²) >= 11 is 0. The average Bonchev–Trinajstić information content (AvgIpc) is 3.37. The van der Waals surface area contributed by atoms with Gasteiger partial charge >= 0.3 is 17.9 Å². The Balaban J connectivity index is 4.57. The molecule has 6 heteroatoms. The van der Waals surface area contributed by atoms with Crippen LogP contribution in [0, 0.1) is 0 Å². The number of hydrogen-bond acceptors (Lipinski definition) is 6. The zero-order chi connectivity index (χ0) is 51.4. The van der Waals surface area contributed by atoms with Crippen LogP contribution in [-0.4, -0.2) is 37.2 Å². The summed E-state index contributed by atoms with van der Waals surface area (Å²) in [5, 5.41) is 0. The molecule has 0 fully saturated rings. The average molecular weight is 980 g/mol. The fourth-order valence-electron chi connectivity index (χ4n) is 7.11. The maximum atomic E-state index is 12.9. The standard InChI is InChI=1S/C65H102O6/c1-4-7-10-13-16-19-22-25-28-30-32-34-37-40-43-46-49-52-55-58-64(67)70-61-62(60-69-63(66)57-54-51-48-45-42-39-36-27-24-21-18-15-12-9-6-3)71-65(68)59-56-53-50-47-44-41-38-35-33-31-29-26-23-20-17-14-11-8-5-2/h7-8,10-11,16-21,25-29,32-36,40-41,43-44,62H,4-6,9,12-15,22-24,30-31,37-39,42,45-61H2,1-3H3/b10-7-,11-8-,19-16-,20-17-,21-18-,28-25-,29-26-,34-32-,35-33-,36-27-,43-40-,44-41-/t62-/m1/s1. The van der Waals surface area contributed by atoms with Crippen LogP contribution < -0.4 is 0 Å². The van der Waals surface area contributed by atoms with Crippen molar-refractivity contribution < 1.29 is 28.6 Å². The van der Waals surface area contributed by atoms with Crippen molar-refractivity contribution in [2.24, 2.45) is 0 Å². The van der Waals surface area contributed by atoms with Gasteiger partial charge in [0.05, 0.1) is 0 Å². The highest BCUT2D eigenvalue weighted by atomic mass is 16.6. The van der Waals surface area contributed by atoms with E-state index in [0.717, 1.165) is 154 Å². The van der Waals surface area contributed by atoms with Crippen LogP contribution in [0.3, 0.4) is 0 Å². The maximum Gasteiger partial charge on any atom is 0.306 e. The number of rotatable bonds is 49. The van der Waals surface area contributed by atoms with Gasteiger partial charge < -0.3 is 14.2 Å². The van der Waals surface area contributed by atoms with E-state index in [-0.39, 0.29) is 37.5 Å². The van der Waals surface area contributed by atoms with E-state index in [0.29, 0.717) is 19.3 Å². The van der Waals surface area contributed by atoms with Crippen molar-refractivity contribution in [3.8, 4) is 0 Å². The molecule has 71 heavy (non-hydrogen) atoms. The van der Waals surface area contributed by atoms with Crippen LogP contribution >= 0.6 is 0 Å². The lowest BCUT2D eigenvalue weighted by molar-refractivity contribution is -0.167. The quantitative estimate of drug-likeness (QED) is 0.0262. The molecule has 0 saturated carbocycles. The number of carbonyl (C=O) groups excluding carboxylic acids is 3. The predicted octanol–water partition coefficient (Wildman–Crippen LogP) is 19.2. The topological polar surface area (TPSA) is 78.9 Å². The van der Waals surface area contributed by atoms with Gasteiger partial charge in [-0.15, -0.1) is 0 Å². The third-order valence-electron chi connectivity index (χ3n) is 11.3. The molecule has 0 amide bonds. The molecule has 0 heterocycles. The van der Waals surface area contributed by atoms with Crippen LogP contribution in [0.4, 0.5) is 0 Å². The van der Waals surface area contributed by atoms with Gasteiger partial charge in [-0.2, -0.15) is 0 Å². The number of unbranched alkanes of at least 4 members (excludes halogenated alkanes) is 14. The van der Waals surface area contributed by atoms with Crippen LogP contribution in [0.5, 0.6) is 0 Å². The van der Waals surface area contributed by atoms with Crippen molar-refractivity contribution in [3.63, 3.8) is 0 Å². The minimum absolute atomic E-state index is 0.116. The Labute approximate surface area is 436 Å². The molecular weight excluding hydrogens is 877 g/mol. The number of esters is 3. The second-order valence-corrected chi connectivity index (χ2v) is 18.1. The lowest BCUT2D eigenvalue weighted by atomic mass is 10.1. The van der Waals surface area contributed by atoms with Crippen molar-refractivity contribution in [2.75, 3.05) is 13.2 Å². The number of hydrogen-bond donors (Lipinski definition) is 0. The molecule has 398 valence electrons. The molecule has 6 nitrogen and oxygen atoms in total. The van der Waals surface area contributed by atoms with E-state index >= 15 is 0 Å². The fourth-order valence-corrected chi connectivity index (χ4v) is 7.11. The van der Waals surface area contributed by atoms with E-state index in [1.54, 1.807) is 0 Å². The third-order valence-corrected chi connectivity index (χ3v) is 11.3. The first-order valence-electron chi connectivity index (χ1n) is 28.3. The summed E-state index contributed by atoms with van der Waals surface area (Å²) in [5.41, 5.74) is 0. The van der Waals surface area contributed by atoms with Crippen molar-refractivity contribution in [3.05, 3.63) is 146 Å². The van der Waals surface area contributed by atoms with E-state index in [2.05, 4.69) is 167 Å². The molecule has 0 aliphatic rings. The van der Waals surface area contributed by atoms with Crippen LogP contribution in [0.1, 0.15) is 226 Å². The van der Waals surface area contributed by atoms with Crippen LogP contribution in [0.25, 0.3) is 0 Å². The Morgan fingerprint density at radius 2 is 0.549 bits per heavy atom. The smallest absolute Gasteiger partial charge is 0.306 e. The number of ether oxygens (including phenoxy) is 3. The molecule has 0 aromatic heterocycles. The Hall–Kier alpha value is -4.71. The molecule has 0 N–H and O–H groups in total. The molecule has 0 bridgehead atoms. The summed E-state index contributed by atoms with van der Waals surface area (Å²) < 4.78 is 16.8. The summed E-state index contributed by atoms with van der Waals surface area (Å²) in [6.45, 7) is 6.30. The largest absolute Gasteiger partial charge is 0.462 e. The Bertz CT molecular complexity index is 1590. The molecule has 1 atom stereocenters. The summed E-state index contributed by atoms with van der Waals surface area (Å²) in [5.74, 6) is -1.00. The molecule has 0 rings (SSSR count). The normalized spacial score (nSPS) is 13.2. The van der Waals surface area contributed by atoms with Gasteiger partial charge in [0, 0.05) is 19.3 Å². The van der Waals surface area contributed by atoms with Crippen molar-refractivity contribution >= 4 is 17.9 Å². The molecule has 0 aromatic carbocycles. The fraction of sp³-hybridized carbons (Fsp3) is 0.585. The van der Waals surface area contributed by atoms with Crippen molar-refractivity contribution in [1.82, 2.24) is 0 Å². The molecular formula is C65H102O6. The van der Waals surface area contributed by atoms with Gasteiger partial charge in [0.2, 0.25) is 0 Å². The molecule has 0 aliphatic heterocycles. The summed E-state index contributed by atoms with van der Waals surface area (Å²) in [6, 6.07) is 0. The van der Waals surface area contributed by atoms with E-state index in [9.17, 15) is 14.4 Å². The minimum Gasteiger partial charge on any atom is -0.462 e. The van der Waals surface area contributed by atoms with Crippen LogP contribution in [0.15, 0.2) is 146 Å². The first kappa shape index (κ1) is 66.3. The monoisotopic (exact) mass is 979 g/mol. The van der Waals surface area contributed by atoms with Gasteiger partial charge in [-0.05, 0) is 141 Å². The Kier molecular flexibility index (Phi) is 54.0. The zero-order valence-electron chi connectivity index (χ0n) is 45.4. The van der Waals surface area contributed by atoms with Gasteiger partial charge in [0.15, 0.2) is 6.10 Å². The second kappa shape index (κ2) is 57.9. The van der Waals surface area contributed by atoms with Gasteiger partial charge in [-0.25, -0.2) is 0 Å². The molecule has 0 aromatic rings. The van der Waals surface area contributed by atoms with Crippen molar-refractivity contribution in [1.29, 1.82) is 0 Å². The SMILES string of the molecule is CC/C=C\C/C=C\C/C=C\C/C=C\C/C=C\CCCCCC(=O)OC[C@@H](COC(=O)CCCCCCC/C=C\C/C=C\CCCCC)OC(=O)CCCCC/C=C\C/C=C\C/C=C\C/C=C\C/C=C\CC. The van der Waals surface area contributed by atoms with Gasteiger partial charge in [0.25, 0.3) is 0 Å². The minimum atomic E-state index is -0.823. The first-order chi connectivity index (χ1) is 35.0. The molecule has 0 unspecified atom stereocenters. The van der Waals surface area contributed by atoms with E-state index < -0.39 is 6.10 Å². The predicted molar refractivity (Wildman–Crippen MR) is 306 cm³/mol. The second-order valence-electron chi connectivity index (χ2n) is 18.1. The molecule has 0 radical (unpaired) electrons. The summed E-state index contributed by atoms with van der Waals surface area (Å²) in [7, 11) is 0. The highest BCUT2D eigenvalue weighted by Gasteiger charge is 2.19. The molecule has 0 saturated heterocycles. The number of allylic oxidation sites excluding steroid dienone is 24. The third kappa shape index (κ3) is 56.1. The van der Waals surface area contributed by atoms with E-state index in [4.69, 9.17) is 14.2 Å². The van der Waals surface area contributed by atoms with Gasteiger partial charge in [0.1, 0.15) is 13.2 Å². The summed E-state index contributed by atoms with van der Waals surface area (Å²) in [4.78, 5) is 38.2. The first-order valence-corrected chi connectivity index (χ1v) is 28.3. The lowest BCUT2D eigenvalue weighted by Crippen LogP contribution is -2.30. The Morgan fingerprint density at radius 1 is 0.296 bits per heavy atom. The number of carbonyl (C=O) groups is 3.